The van der Waals surface area contributed by atoms with Crippen LogP contribution in [-0.2, 0) is 6.54 Å². The SMILES string of the molecule is CC(C)(C)C(NCc1ccc([N+](=O)[O-])s1)c1ccccc1. The standard InChI is InChI=1S/C16H20N2O2S/c1-16(2,3)15(12-7-5-4-6-8-12)17-11-13-9-10-14(21-13)18(19)20/h4-10,15,17H,11H2,1-3H3. The zero-order valence-corrected chi connectivity index (χ0v) is 13.3. The van der Waals surface area contributed by atoms with Crippen molar-refractivity contribution in [1.82, 2.24) is 5.32 Å². The van der Waals surface area contributed by atoms with E-state index in [1.807, 2.05) is 24.3 Å². The molecule has 0 amide bonds. The van der Waals surface area contributed by atoms with Crippen LogP contribution in [0.4, 0.5) is 5.00 Å². The third kappa shape index (κ3) is 4.12. The molecule has 2 rings (SSSR count). The van der Waals surface area contributed by atoms with E-state index in [1.54, 1.807) is 6.07 Å². The first-order valence-electron chi connectivity index (χ1n) is 6.89. The predicted octanol–water partition coefficient (Wildman–Crippen LogP) is 4.53. The van der Waals surface area contributed by atoms with E-state index < -0.39 is 0 Å². The topological polar surface area (TPSA) is 55.2 Å². The van der Waals surface area contributed by atoms with Gasteiger partial charge in [0.1, 0.15) is 0 Å². The molecule has 0 radical (unpaired) electrons. The molecule has 1 unspecified atom stereocenters. The molecular formula is C16H20N2O2S. The van der Waals surface area contributed by atoms with Crippen LogP contribution >= 0.6 is 11.3 Å². The summed E-state index contributed by atoms with van der Waals surface area (Å²) in [4.78, 5) is 11.4. The molecule has 0 aliphatic heterocycles. The molecule has 0 saturated heterocycles. The van der Waals surface area contributed by atoms with Crippen molar-refractivity contribution < 1.29 is 4.92 Å². The lowest BCUT2D eigenvalue weighted by atomic mass is 9.82. The van der Waals surface area contributed by atoms with Crippen LogP contribution in [0.5, 0.6) is 0 Å². The second-order valence-corrected chi connectivity index (χ2v) is 7.23. The van der Waals surface area contributed by atoms with Crippen LogP contribution in [0.25, 0.3) is 0 Å². The largest absolute Gasteiger partial charge is 0.324 e. The first kappa shape index (κ1) is 15.7. The van der Waals surface area contributed by atoms with Gasteiger partial charge in [0.05, 0.1) is 4.92 Å². The maximum absolute atomic E-state index is 10.7. The quantitative estimate of drug-likeness (QED) is 0.652. The third-order valence-corrected chi connectivity index (χ3v) is 4.34. The summed E-state index contributed by atoms with van der Waals surface area (Å²) in [6.45, 7) is 7.20. The summed E-state index contributed by atoms with van der Waals surface area (Å²) < 4.78 is 0. The molecular weight excluding hydrogens is 284 g/mol. The van der Waals surface area contributed by atoms with Gasteiger partial charge in [0, 0.05) is 23.5 Å². The number of thiophene rings is 1. The molecule has 5 heteroatoms. The van der Waals surface area contributed by atoms with Crippen LogP contribution in [0.3, 0.4) is 0 Å². The highest BCUT2D eigenvalue weighted by atomic mass is 32.1. The molecule has 0 bridgehead atoms. The Morgan fingerprint density at radius 3 is 2.38 bits per heavy atom. The number of nitrogens with one attached hydrogen (secondary N) is 1. The average Bonchev–Trinajstić information content (AvgIpc) is 2.88. The fraction of sp³-hybridized carbons (Fsp3) is 0.375. The summed E-state index contributed by atoms with van der Waals surface area (Å²) in [6.07, 6.45) is 0. The number of hydrogen-bond donors (Lipinski definition) is 1. The summed E-state index contributed by atoms with van der Waals surface area (Å²) in [5.74, 6) is 0. The van der Waals surface area contributed by atoms with Crippen LogP contribution in [0, 0.1) is 15.5 Å². The smallest absolute Gasteiger partial charge is 0.305 e. The Labute approximate surface area is 129 Å². The van der Waals surface area contributed by atoms with E-state index in [0.717, 1.165) is 4.88 Å². The molecule has 21 heavy (non-hydrogen) atoms. The second kappa shape index (κ2) is 6.37. The molecule has 112 valence electrons. The van der Waals surface area contributed by atoms with Crippen LogP contribution in [0.15, 0.2) is 42.5 Å². The minimum atomic E-state index is -0.341. The highest BCUT2D eigenvalue weighted by Crippen LogP contribution is 2.33. The van der Waals surface area contributed by atoms with E-state index in [0.29, 0.717) is 6.54 Å². The van der Waals surface area contributed by atoms with E-state index in [2.05, 4.69) is 38.2 Å². The fourth-order valence-corrected chi connectivity index (χ4v) is 3.10. The van der Waals surface area contributed by atoms with Crippen molar-refractivity contribution in [2.24, 2.45) is 5.41 Å². The fourth-order valence-electron chi connectivity index (χ4n) is 2.33. The lowest BCUT2D eigenvalue weighted by Gasteiger charge is -2.32. The summed E-state index contributed by atoms with van der Waals surface area (Å²) in [6, 6.07) is 13.9. The molecule has 1 heterocycles. The monoisotopic (exact) mass is 304 g/mol. The van der Waals surface area contributed by atoms with Crippen molar-refractivity contribution in [1.29, 1.82) is 0 Å². The Morgan fingerprint density at radius 1 is 1.19 bits per heavy atom. The molecule has 0 aliphatic carbocycles. The number of hydrogen-bond acceptors (Lipinski definition) is 4. The van der Waals surface area contributed by atoms with Crippen LogP contribution in [0.1, 0.15) is 37.3 Å². The summed E-state index contributed by atoms with van der Waals surface area (Å²) in [5, 5.41) is 14.5. The summed E-state index contributed by atoms with van der Waals surface area (Å²) in [5.41, 5.74) is 1.29. The van der Waals surface area contributed by atoms with E-state index in [1.165, 1.54) is 16.9 Å². The van der Waals surface area contributed by atoms with E-state index in [-0.39, 0.29) is 21.4 Å². The van der Waals surface area contributed by atoms with Gasteiger partial charge in [0.2, 0.25) is 0 Å². The Balaban J connectivity index is 2.11. The maximum atomic E-state index is 10.7. The molecule has 2 aromatic rings. The van der Waals surface area contributed by atoms with Gasteiger partial charge in [0.15, 0.2) is 0 Å². The first-order chi connectivity index (χ1) is 9.88. The molecule has 4 nitrogen and oxygen atoms in total. The first-order valence-corrected chi connectivity index (χ1v) is 7.71. The van der Waals surface area contributed by atoms with Gasteiger partial charge < -0.3 is 5.32 Å². The predicted molar refractivity (Wildman–Crippen MR) is 86.5 cm³/mol. The minimum Gasteiger partial charge on any atom is -0.305 e. The molecule has 0 aliphatic rings. The summed E-state index contributed by atoms with van der Waals surface area (Å²) >= 11 is 1.23. The molecule has 0 spiro atoms. The summed E-state index contributed by atoms with van der Waals surface area (Å²) in [7, 11) is 0. The van der Waals surface area contributed by atoms with E-state index >= 15 is 0 Å². The van der Waals surface area contributed by atoms with Crippen LogP contribution < -0.4 is 5.32 Å². The Bertz CT molecular complexity index is 602. The van der Waals surface area contributed by atoms with Crippen LogP contribution in [0.2, 0.25) is 0 Å². The van der Waals surface area contributed by atoms with Crippen LogP contribution in [-0.4, -0.2) is 4.92 Å². The average molecular weight is 304 g/mol. The highest BCUT2D eigenvalue weighted by molar-refractivity contribution is 7.15. The lowest BCUT2D eigenvalue weighted by molar-refractivity contribution is -0.380. The lowest BCUT2D eigenvalue weighted by Crippen LogP contribution is -2.31. The van der Waals surface area contributed by atoms with Gasteiger partial charge in [-0.15, -0.1) is 0 Å². The second-order valence-electron chi connectivity index (χ2n) is 6.09. The van der Waals surface area contributed by atoms with E-state index in [4.69, 9.17) is 0 Å². The number of nitro groups is 1. The van der Waals surface area contributed by atoms with Gasteiger partial charge in [0.25, 0.3) is 0 Å². The van der Waals surface area contributed by atoms with Gasteiger partial charge in [-0.2, -0.15) is 0 Å². The maximum Gasteiger partial charge on any atom is 0.324 e. The Morgan fingerprint density at radius 2 is 1.86 bits per heavy atom. The Kier molecular flexibility index (Phi) is 4.75. The molecule has 1 aromatic heterocycles. The van der Waals surface area contributed by atoms with Crippen molar-refractivity contribution in [3.8, 4) is 0 Å². The van der Waals surface area contributed by atoms with Crippen molar-refractivity contribution in [2.45, 2.75) is 33.4 Å². The minimum absolute atomic E-state index is 0.0601. The number of rotatable bonds is 5. The highest BCUT2D eigenvalue weighted by Gasteiger charge is 2.25. The molecule has 0 fully saturated rings. The van der Waals surface area contributed by atoms with Crippen molar-refractivity contribution >= 4 is 16.3 Å². The zero-order chi connectivity index (χ0) is 15.5. The van der Waals surface area contributed by atoms with Crippen molar-refractivity contribution in [3.63, 3.8) is 0 Å². The molecule has 1 atom stereocenters. The van der Waals surface area contributed by atoms with Crippen molar-refractivity contribution in [2.75, 3.05) is 0 Å². The van der Waals surface area contributed by atoms with Gasteiger partial charge in [-0.3, -0.25) is 10.1 Å². The van der Waals surface area contributed by atoms with Gasteiger partial charge >= 0.3 is 5.00 Å². The molecule has 0 saturated carbocycles. The third-order valence-electron chi connectivity index (χ3n) is 3.31. The van der Waals surface area contributed by atoms with Gasteiger partial charge in [-0.05, 0) is 17.0 Å². The molecule has 1 aromatic carbocycles. The number of benzene rings is 1. The zero-order valence-electron chi connectivity index (χ0n) is 12.5. The normalized spacial score (nSPS) is 13.1. The Hall–Kier alpha value is -1.72. The van der Waals surface area contributed by atoms with Gasteiger partial charge in [-0.1, -0.05) is 62.4 Å². The molecule has 1 N–H and O–H groups in total. The van der Waals surface area contributed by atoms with Gasteiger partial charge in [-0.25, -0.2) is 0 Å². The van der Waals surface area contributed by atoms with Crippen molar-refractivity contribution in [3.05, 3.63) is 63.0 Å². The number of nitrogens with zero attached hydrogens (tertiary/aromatic N) is 1. The van der Waals surface area contributed by atoms with E-state index in [9.17, 15) is 10.1 Å².